The van der Waals surface area contributed by atoms with E-state index in [1.165, 1.54) is 36.3 Å². The zero-order valence-electron chi connectivity index (χ0n) is 48.8. The number of para-hydroxylation sites is 5. The summed E-state index contributed by atoms with van der Waals surface area (Å²) in [7, 11) is -5.98. The molecule has 0 aliphatic carbocycles. The Labute approximate surface area is 521 Å². The maximum atomic E-state index is 6.99. The first-order chi connectivity index (χ1) is 44.7. The molecule has 13 aromatic carbocycles. The van der Waals surface area contributed by atoms with Gasteiger partial charge in [-0.3, -0.25) is 9.13 Å². The Bertz CT molecular complexity index is 5460. The second-order valence-electron chi connectivity index (χ2n) is 23.4. The van der Waals surface area contributed by atoms with Crippen LogP contribution in [0, 0.1) is 0 Å². The second-order valence-corrected chi connectivity index (χ2v) is 30.9. The van der Waals surface area contributed by atoms with Crippen LogP contribution in [0.4, 0.5) is 0 Å². The summed E-state index contributed by atoms with van der Waals surface area (Å²) in [6.45, 7) is 0. The predicted molar refractivity (Wildman–Crippen MR) is 376 cm³/mol. The minimum absolute atomic E-state index is 0.507. The summed E-state index contributed by atoms with van der Waals surface area (Å²) in [4.78, 5) is 17.2. The van der Waals surface area contributed by atoms with Crippen LogP contribution in [-0.4, -0.2) is 44.8 Å². The summed E-state index contributed by atoms with van der Waals surface area (Å²) in [5.41, 5.74) is 8.13. The molecule has 0 fully saturated rings. The van der Waals surface area contributed by atoms with Crippen molar-refractivity contribution in [3.8, 4) is 40.5 Å². The van der Waals surface area contributed by atoms with E-state index in [0.717, 1.165) is 93.4 Å². The van der Waals surface area contributed by atoms with Gasteiger partial charge in [-0.1, -0.05) is 261 Å². The highest BCUT2D eigenvalue weighted by Crippen LogP contribution is 2.43. The molecule has 0 saturated carbocycles. The number of hydrogen-bond acceptors (Lipinski definition) is 4. The maximum Gasteiger partial charge on any atom is 0.240 e. The van der Waals surface area contributed by atoms with Crippen LogP contribution >= 0.6 is 0 Å². The van der Waals surface area contributed by atoms with E-state index in [-0.39, 0.29) is 0 Å². The van der Waals surface area contributed by atoms with Crippen molar-refractivity contribution in [2.45, 2.75) is 0 Å². The van der Waals surface area contributed by atoms with E-state index >= 15 is 0 Å². The summed E-state index contributed by atoms with van der Waals surface area (Å²) < 4.78 is 14.0. The van der Waals surface area contributed by atoms with Crippen LogP contribution < -0.4 is 46.2 Å². The van der Waals surface area contributed by atoms with Gasteiger partial charge in [0.25, 0.3) is 0 Å². The standard InChI is InChI=1S/C81H54N6OSi2/c1-6-28-57(29-7-1)89(58-30-8-2-9-31-58,59-32-10-3-11-33-59)62-38-26-27-56(54-62)85-71-46-23-19-42-67(71)77-72(85)51-50-66-65-41-18-22-45-70(65)87(78(66)77)81-83-79(82-80(84-81)86-68-43-20-16-39-63(68)64-40-17-21-44-69(64)86)55-49-52-74-76(53-55)90(60-34-12-4-13-35-60,61-36-14-5-15-37-61)75-48-25-24-47-73(75)88-74/h1-54H. The SMILES string of the molecule is c1ccc([Si](c2ccccc2)(c2ccccc2)c2cccc(-n3c4ccccc4c4c3ccc3c5ccccc5n(-c5nc(-c6ccc7c(c6)[Si](c6ccccc6)(c6ccccc6)c6ccccc6O7)nc(-n6c7ccccc7c7ccccc76)n5)c34)c2)cc1. The lowest BCUT2D eigenvalue weighted by molar-refractivity contribution is 0.487. The molecule has 0 spiro atoms. The lowest BCUT2D eigenvalue weighted by Crippen LogP contribution is -2.76. The number of hydrogen-bond donors (Lipinski definition) is 0. The van der Waals surface area contributed by atoms with Crippen LogP contribution in [0.3, 0.4) is 0 Å². The van der Waals surface area contributed by atoms with Crippen LogP contribution in [0.15, 0.2) is 328 Å². The number of nitrogens with zero attached hydrogens (tertiary/aromatic N) is 6. The molecule has 1 aliphatic rings. The number of aromatic nitrogens is 6. The zero-order valence-corrected chi connectivity index (χ0v) is 50.8. The van der Waals surface area contributed by atoms with Crippen LogP contribution in [0.5, 0.6) is 11.5 Å². The molecule has 18 rings (SSSR count). The first-order valence-electron chi connectivity index (χ1n) is 30.7. The molecule has 7 nitrogen and oxygen atoms in total. The molecule has 90 heavy (non-hydrogen) atoms. The normalized spacial score (nSPS) is 12.8. The lowest BCUT2D eigenvalue weighted by Gasteiger charge is -2.39. The fraction of sp³-hybridized carbons (Fsp3) is 0. The highest BCUT2D eigenvalue weighted by Gasteiger charge is 2.48. The Balaban J connectivity index is 0.921. The Morgan fingerprint density at radius 2 is 0.756 bits per heavy atom. The number of benzene rings is 13. The molecular weight excluding hydrogens is 1130 g/mol. The van der Waals surface area contributed by atoms with Crippen molar-refractivity contribution in [3.63, 3.8) is 0 Å². The molecule has 0 N–H and O–H groups in total. The largest absolute Gasteiger partial charge is 0.458 e. The Kier molecular flexibility index (Phi) is 11.8. The molecule has 5 heterocycles. The highest BCUT2D eigenvalue weighted by atomic mass is 28.3. The van der Waals surface area contributed by atoms with Gasteiger partial charge in [-0.15, -0.1) is 0 Å². The summed E-state index contributed by atoms with van der Waals surface area (Å²) >= 11 is 0. The fourth-order valence-electron chi connectivity index (χ4n) is 15.1. The van der Waals surface area contributed by atoms with Gasteiger partial charge in [-0.05, 0) is 108 Å². The van der Waals surface area contributed by atoms with Crippen LogP contribution in [0.25, 0.3) is 94.4 Å². The van der Waals surface area contributed by atoms with E-state index in [9.17, 15) is 0 Å². The average molecular weight is 1180 g/mol. The van der Waals surface area contributed by atoms with Gasteiger partial charge >= 0.3 is 0 Å². The van der Waals surface area contributed by atoms with Gasteiger partial charge in [-0.2, -0.15) is 15.0 Å². The van der Waals surface area contributed by atoms with Crippen molar-refractivity contribution in [2.24, 2.45) is 0 Å². The third-order valence-electron chi connectivity index (χ3n) is 18.8. The van der Waals surface area contributed by atoms with Gasteiger partial charge in [0.1, 0.15) is 11.5 Å². The van der Waals surface area contributed by atoms with Gasteiger partial charge in [0.05, 0.1) is 33.1 Å². The zero-order chi connectivity index (χ0) is 59.3. The third-order valence-corrected chi connectivity index (χ3v) is 28.4. The molecule has 17 aromatic rings. The minimum atomic E-state index is -3.07. The molecule has 422 valence electrons. The van der Waals surface area contributed by atoms with E-state index in [1.807, 2.05) is 0 Å². The Morgan fingerprint density at radius 1 is 0.300 bits per heavy atom. The van der Waals surface area contributed by atoms with Gasteiger partial charge < -0.3 is 9.30 Å². The van der Waals surface area contributed by atoms with Crippen molar-refractivity contribution in [1.82, 2.24) is 28.7 Å². The monoisotopic (exact) mass is 1180 g/mol. The quantitative estimate of drug-likeness (QED) is 0.101. The van der Waals surface area contributed by atoms with Gasteiger partial charge in [0.2, 0.25) is 11.9 Å². The number of fused-ring (bicyclic) bond motifs is 12. The fourth-order valence-corrected chi connectivity index (χ4v) is 24.9. The van der Waals surface area contributed by atoms with E-state index < -0.39 is 16.1 Å². The van der Waals surface area contributed by atoms with E-state index in [0.29, 0.717) is 17.7 Å². The van der Waals surface area contributed by atoms with Crippen LogP contribution in [-0.2, 0) is 0 Å². The molecule has 4 aromatic heterocycles. The number of rotatable bonds is 10. The molecule has 0 bridgehead atoms. The Morgan fingerprint density at radius 3 is 1.34 bits per heavy atom. The second kappa shape index (κ2) is 20.6. The molecule has 0 amide bonds. The van der Waals surface area contributed by atoms with E-state index in [1.54, 1.807) is 0 Å². The van der Waals surface area contributed by atoms with Crippen molar-refractivity contribution in [1.29, 1.82) is 0 Å². The molecule has 1 aliphatic heterocycles. The molecule has 0 radical (unpaired) electrons. The Hall–Kier alpha value is -11.5. The van der Waals surface area contributed by atoms with Crippen LogP contribution in [0.2, 0.25) is 0 Å². The van der Waals surface area contributed by atoms with Gasteiger partial charge in [0, 0.05) is 43.6 Å². The van der Waals surface area contributed by atoms with E-state index in [4.69, 9.17) is 19.7 Å². The predicted octanol–water partition coefficient (Wildman–Crippen LogP) is 13.7. The van der Waals surface area contributed by atoms with Gasteiger partial charge in [0.15, 0.2) is 22.0 Å². The lowest BCUT2D eigenvalue weighted by atomic mass is 10.1. The summed E-state index contributed by atoms with van der Waals surface area (Å²) in [6, 6.07) is 119. The first kappa shape index (κ1) is 51.7. The van der Waals surface area contributed by atoms with Crippen molar-refractivity contribution in [2.75, 3.05) is 0 Å². The third kappa shape index (κ3) is 7.60. The molecule has 9 heteroatoms. The number of ether oxygens (including phenoxy) is 1. The molecule has 0 atom stereocenters. The van der Waals surface area contributed by atoms with Crippen molar-refractivity contribution in [3.05, 3.63) is 328 Å². The summed E-state index contributed by atoms with van der Waals surface area (Å²) in [5, 5.41) is 16.8. The van der Waals surface area contributed by atoms with Crippen molar-refractivity contribution < 1.29 is 4.74 Å². The van der Waals surface area contributed by atoms with Crippen molar-refractivity contribution >= 4 is 123 Å². The van der Waals surface area contributed by atoms with E-state index in [2.05, 4.69) is 341 Å². The summed E-state index contributed by atoms with van der Waals surface area (Å²) in [6.07, 6.45) is 0. The summed E-state index contributed by atoms with van der Waals surface area (Å²) in [5.74, 6) is 3.27. The smallest absolute Gasteiger partial charge is 0.240 e. The van der Waals surface area contributed by atoms with Crippen LogP contribution in [0.1, 0.15) is 0 Å². The highest BCUT2D eigenvalue weighted by molar-refractivity contribution is 7.21. The molecular formula is C81H54N6OSi2. The van der Waals surface area contributed by atoms with Gasteiger partial charge in [-0.25, -0.2) is 0 Å². The minimum Gasteiger partial charge on any atom is -0.458 e. The topological polar surface area (TPSA) is 62.7 Å². The molecule has 0 saturated heterocycles. The molecule has 0 unspecified atom stereocenters. The first-order valence-corrected chi connectivity index (χ1v) is 34.7. The maximum absolute atomic E-state index is 6.99. The average Bonchev–Trinajstić information content (AvgIpc) is 1.22.